The summed E-state index contributed by atoms with van der Waals surface area (Å²) in [4.78, 5) is 4.38. The van der Waals surface area contributed by atoms with Gasteiger partial charge in [0, 0.05) is 10.9 Å². The topological polar surface area (TPSA) is 52.0 Å². The van der Waals surface area contributed by atoms with Crippen molar-refractivity contribution in [1.29, 1.82) is 0 Å². The van der Waals surface area contributed by atoms with Crippen molar-refractivity contribution in [3.05, 3.63) is 28.3 Å². The minimum atomic E-state index is 0.635. The predicted molar refractivity (Wildman–Crippen MR) is 57.3 cm³/mol. The van der Waals surface area contributed by atoms with Crippen LogP contribution < -0.4 is 5.73 Å². The van der Waals surface area contributed by atoms with Crippen molar-refractivity contribution in [1.82, 2.24) is 4.98 Å². The molecule has 0 unspecified atom stereocenters. The lowest BCUT2D eigenvalue weighted by Gasteiger charge is -1.96. The van der Waals surface area contributed by atoms with Gasteiger partial charge < -0.3 is 10.2 Å². The molecule has 0 fully saturated rings. The molecule has 0 amide bonds. The number of nitrogens with two attached hydrogens (primary N) is 1. The molecule has 0 bridgehead atoms. The van der Waals surface area contributed by atoms with Crippen LogP contribution in [0.25, 0.3) is 11.5 Å². The van der Waals surface area contributed by atoms with E-state index in [1.807, 2.05) is 18.4 Å². The normalized spacial score (nSPS) is 10.7. The molecule has 0 spiro atoms. The van der Waals surface area contributed by atoms with Crippen LogP contribution in [-0.4, -0.2) is 11.5 Å². The largest absolute Gasteiger partial charge is 0.462 e. The highest BCUT2D eigenvalue weighted by molar-refractivity contribution is 7.09. The summed E-state index contributed by atoms with van der Waals surface area (Å²) < 4.78 is 5.41. The summed E-state index contributed by atoms with van der Waals surface area (Å²) in [5, 5.41) is 3.06. The maximum Gasteiger partial charge on any atom is 0.156 e. The second-order valence-corrected chi connectivity index (χ2v) is 4.13. The Bertz CT molecular complexity index is 419. The van der Waals surface area contributed by atoms with Gasteiger partial charge >= 0.3 is 0 Å². The Labute approximate surface area is 86.6 Å². The Morgan fingerprint density at radius 3 is 3.07 bits per heavy atom. The van der Waals surface area contributed by atoms with E-state index in [0.717, 1.165) is 28.4 Å². The molecule has 4 heteroatoms. The SMILES string of the molecule is Cc1nc(-c2occc2CCN)cs1. The first kappa shape index (κ1) is 9.43. The van der Waals surface area contributed by atoms with Gasteiger partial charge in [-0.1, -0.05) is 0 Å². The summed E-state index contributed by atoms with van der Waals surface area (Å²) in [6.45, 7) is 2.62. The molecule has 14 heavy (non-hydrogen) atoms. The third kappa shape index (κ3) is 1.71. The quantitative estimate of drug-likeness (QED) is 0.841. The van der Waals surface area contributed by atoms with Crippen molar-refractivity contribution in [3.8, 4) is 11.5 Å². The lowest BCUT2D eigenvalue weighted by molar-refractivity contribution is 0.577. The maximum atomic E-state index is 5.51. The molecule has 2 N–H and O–H groups in total. The smallest absolute Gasteiger partial charge is 0.156 e. The van der Waals surface area contributed by atoms with E-state index in [2.05, 4.69) is 4.98 Å². The zero-order valence-corrected chi connectivity index (χ0v) is 8.80. The predicted octanol–water partition coefficient (Wildman–Crippen LogP) is 2.21. The van der Waals surface area contributed by atoms with Gasteiger partial charge in [0.1, 0.15) is 5.69 Å². The van der Waals surface area contributed by atoms with Gasteiger partial charge in [-0.05, 0) is 26.0 Å². The number of hydrogen-bond acceptors (Lipinski definition) is 4. The molecule has 0 saturated heterocycles. The third-order valence-corrected chi connectivity index (χ3v) is 2.79. The highest BCUT2D eigenvalue weighted by Gasteiger charge is 2.10. The van der Waals surface area contributed by atoms with Crippen molar-refractivity contribution in [3.63, 3.8) is 0 Å². The van der Waals surface area contributed by atoms with Crippen LogP contribution in [0.4, 0.5) is 0 Å². The van der Waals surface area contributed by atoms with E-state index >= 15 is 0 Å². The zero-order valence-electron chi connectivity index (χ0n) is 7.99. The molecule has 0 radical (unpaired) electrons. The van der Waals surface area contributed by atoms with Crippen molar-refractivity contribution >= 4 is 11.3 Å². The van der Waals surface area contributed by atoms with E-state index < -0.39 is 0 Å². The van der Waals surface area contributed by atoms with Crippen LogP contribution in [0, 0.1) is 6.92 Å². The van der Waals surface area contributed by atoms with Gasteiger partial charge in [0.15, 0.2) is 5.76 Å². The van der Waals surface area contributed by atoms with Crippen LogP contribution in [0.1, 0.15) is 10.6 Å². The van der Waals surface area contributed by atoms with Gasteiger partial charge in [0.25, 0.3) is 0 Å². The summed E-state index contributed by atoms with van der Waals surface area (Å²) in [6.07, 6.45) is 2.53. The summed E-state index contributed by atoms with van der Waals surface area (Å²) in [7, 11) is 0. The van der Waals surface area contributed by atoms with E-state index in [1.165, 1.54) is 0 Å². The molecular formula is C10H12N2OS. The number of thiazole rings is 1. The van der Waals surface area contributed by atoms with Crippen molar-refractivity contribution in [2.24, 2.45) is 5.73 Å². The molecule has 0 aromatic carbocycles. The summed E-state index contributed by atoms with van der Waals surface area (Å²) in [6, 6.07) is 1.96. The van der Waals surface area contributed by atoms with Crippen LogP contribution >= 0.6 is 11.3 Å². The first-order chi connectivity index (χ1) is 6.81. The highest BCUT2D eigenvalue weighted by Crippen LogP contribution is 2.26. The molecular weight excluding hydrogens is 196 g/mol. The van der Waals surface area contributed by atoms with Gasteiger partial charge in [-0.3, -0.25) is 0 Å². The number of hydrogen-bond donors (Lipinski definition) is 1. The van der Waals surface area contributed by atoms with Gasteiger partial charge in [-0.25, -0.2) is 4.98 Å². The average molecular weight is 208 g/mol. The van der Waals surface area contributed by atoms with Crippen molar-refractivity contribution in [2.45, 2.75) is 13.3 Å². The Morgan fingerprint density at radius 2 is 2.43 bits per heavy atom. The van der Waals surface area contributed by atoms with Crippen LogP contribution in [0.3, 0.4) is 0 Å². The Hall–Kier alpha value is -1.13. The molecule has 2 rings (SSSR count). The Morgan fingerprint density at radius 1 is 1.57 bits per heavy atom. The van der Waals surface area contributed by atoms with Crippen molar-refractivity contribution < 1.29 is 4.42 Å². The molecule has 2 heterocycles. The third-order valence-electron chi connectivity index (χ3n) is 2.01. The van der Waals surface area contributed by atoms with E-state index in [0.29, 0.717) is 6.54 Å². The van der Waals surface area contributed by atoms with Crippen LogP contribution in [0.5, 0.6) is 0 Å². The molecule has 0 aliphatic rings. The van der Waals surface area contributed by atoms with Crippen molar-refractivity contribution in [2.75, 3.05) is 6.54 Å². The standard InChI is InChI=1S/C10H12N2OS/c1-7-12-9(6-14-7)10-8(2-4-11)3-5-13-10/h3,5-6H,2,4,11H2,1H3. The lowest BCUT2D eigenvalue weighted by Crippen LogP contribution is -2.02. The first-order valence-corrected chi connectivity index (χ1v) is 5.38. The molecule has 3 nitrogen and oxygen atoms in total. The molecule has 0 aliphatic carbocycles. The number of aryl methyl sites for hydroxylation is 1. The van der Waals surface area contributed by atoms with Crippen LogP contribution in [0.15, 0.2) is 22.1 Å². The number of furan rings is 1. The first-order valence-electron chi connectivity index (χ1n) is 4.50. The fourth-order valence-corrected chi connectivity index (χ4v) is 1.97. The molecule has 2 aromatic rings. The Kier molecular flexibility index (Phi) is 2.65. The molecule has 0 aliphatic heterocycles. The van der Waals surface area contributed by atoms with E-state index in [9.17, 15) is 0 Å². The summed E-state index contributed by atoms with van der Waals surface area (Å²) >= 11 is 1.63. The number of nitrogens with zero attached hydrogens (tertiary/aromatic N) is 1. The highest BCUT2D eigenvalue weighted by atomic mass is 32.1. The Balaban J connectivity index is 2.36. The summed E-state index contributed by atoms with van der Waals surface area (Å²) in [5.41, 5.74) is 7.57. The molecule has 2 aromatic heterocycles. The zero-order chi connectivity index (χ0) is 9.97. The minimum absolute atomic E-state index is 0.635. The van der Waals surface area contributed by atoms with E-state index in [1.54, 1.807) is 17.6 Å². The second kappa shape index (κ2) is 3.94. The minimum Gasteiger partial charge on any atom is -0.462 e. The lowest BCUT2D eigenvalue weighted by atomic mass is 10.1. The molecule has 0 saturated carbocycles. The maximum absolute atomic E-state index is 5.51. The second-order valence-electron chi connectivity index (χ2n) is 3.07. The van der Waals surface area contributed by atoms with Gasteiger partial charge in [-0.2, -0.15) is 0 Å². The van der Waals surface area contributed by atoms with Crippen LogP contribution in [0.2, 0.25) is 0 Å². The van der Waals surface area contributed by atoms with Gasteiger partial charge in [0.2, 0.25) is 0 Å². The van der Waals surface area contributed by atoms with Gasteiger partial charge in [-0.15, -0.1) is 11.3 Å². The number of aromatic nitrogens is 1. The molecule has 0 atom stereocenters. The average Bonchev–Trinajstić information content (AvgIpc) is 2.74. The van der Waals surface area contributed by atoms with Crippen LogP contribution in [-0.2, 0) is 6.42 Å². The number of rotatable bonds is 3. The fourth-order valence-electron chi connectivity index (χ4n) is 1.38. The fraction of sp³-hybridized carbons (Fsp3) is 0.300. The van der Waals surface area contributed by atoms with E-state index in [4.69, 9.17) is 10.2 Å². The summed E-state index contributed by atoms with van der Waals surface area (Å²) in [5.74, 6) is 0.861. The monoisotopic (exact) mass is 208 g/mol. The van der Waals surface area contributed by atoms with Gasteiger partial charge in [0.05, 0.1) is 11.3 Å². The molecule has 74 valence electrons. The van der Waals surface area contributed by atoms with E-state index in [-0.39, 0.29) is 0 Å².